The maximum Gasteiger partial charge on any atom is 0.410 e. The summed E-state index contributed by atoms with van der Waals surface area (Å²) < 4.78 is 32.7. The number of ether oxygens (including phenoxy) is 1. The molecule has 8 heteroatoms. The van der Waals surface area contributed by atoms with Gasteiger partial charge in [0.15, 0.2) is 0 Å². The number of carboxylic acid groups (broad SMARTS) is 1. The number of nitrogens with zero attached hydrogens (tertiary/aromatic N) is 2. The van der Waals surface area contributed by atoms with E-state index in [1.807, 2.05) is 53.4 Å². The minimum atomic E-state index is -2.67. The van der Waals surface area contributed by atoms with E-state index in [4.69, 9.17) is 4.74 Å². The molecular formula is C25H26F2N2O4. The highest BCUT2D eigenvalue weighted by atomic mass is 19.3. The summed E-state index contributed by atoms with van der Waals surface area (Å²) in [5, 5.41) is 9.68. The van der Waals surface area contributed by atoms with E-state index in [2.05, 4.69) is 0 Å². The quantitative estimate of drug-likeness (QED) is 0.747. The second kappa shape index (κ2) is 8.41. The summed E-state index contributed by atoms with van der Waals surface area (Å²) in [6, 6.07) is 14.7. The summed E-state index contributed by atoms with van der Waals surface area (Å²) in [5.74, 6) is -3.89. The number of benzene rings is 2. The van der Waals surface area contributed by atoms with Crippen LogP contribution in [0.1, 0.15) is 36.3 Å². The van der Waals surface area contributed by atoms with E-state index in [1.54, 1.807) is 0 Å². The minimum absolute atomic E-state index is 0.107. The fraction of sp³-hybridized carbons (Fsp3) is 0.440. The Hall–Kier alpha value is -3.00. The largest absolute Gasteiger partial charge is 0.480 e. The number of halogens is 2. The van der Waals surface area contributed by atoms with Crippen molar-refractivity contribution in [1.29, 1.82) is 0 Å². The first-order chi connectivity index (χ1) is 15.8. The van der Waals surface area contributed by atoms with Crippen LogP contribution in [-0.4, -0.2) is 71.2 Å². The third-order valence-corrected chi connectivity index (χ3v) is 7.18. The molecule has 0 saturated carbocycles. The number of carbonyl (C=O) groups excluding carboxylic acids is 1. The summed E-state index contributed by atoms with van der Waals surface area (Å²) in [6.45, 7) is 0.667. The lowest BCUT2D eigenvalue weighted by molar-refractivity contribution is -0.141. The lowest BCUT2D eigenvalue weighted by Crippen LogP contribution is -2.46. The first-order valence-electron chi connectivity index (χ1n) is 11.3. The monoisotopic (exact) mass is 456 g/mol. The van der Waals surface area contributed by atoms with E-state index in [-0.39, 0.29) is 57.5 Å². The maximum absolute atomic E-state index is 13.5. The number of rotatable bonds is 4. The molecule has 2 fully saturated rings. The molecule has 0 spiro atoms. The van der Waals surface area contributed by atoms with Crippen molar-refractivity contribution >= 4 is 12.1 Å². The van der Waals surface area contributed by atoms with Gasteiger partial charge in [0.05, 0.1) is 0 Å². The molecule has 2 saturated heterocycles. The van der Waals surface area contributed by atoms with Gasteiger partial charge in [0.25, 0.3) is 5.92 Å². The molecule has 2 aromatic rings. The van der Waals surface area contributed by atoms with Crippen LogP contribution in [0, 0.1) is 0 Å². The summed E-state index contributed by atoms with van der Waals surface area (Å²) in [6.07, 6.45) is -0.946. The van der Waals surface area contributed by atoms with Crippen molar-refractivity contribution in [3.05, 3.63) is 59.7 Å². The smallest absolute Gasteiger partial charge is 0.410 e. The molecule has 6 nitrogen and oxygen atoms in total. The van der Waals surface area contributed by atoms with Crippen LogP contribution in [0.25, 0.3) is 11.1 Å². The van der Waals surface area contributed by atoms with Gasteiger partial charge in [0.1, 0.15) is 12.6 Å². The molecule has 3 aliphatic rings. The normalized spacial score (nSPS) is 24.4. The average Bonchev–Trinajstić information content (AvgIpc) is 3.38. The van der Waals surface area contributed by atoms with Gasteiger partial charge in [-0.2, -0.15) is 0 Å². The molecule has 2 atom stereocenters. The standard InChI is InChI=1S/C25H26F2N2O4/c26-25(27)9-11-28(12-10-25)16-13-22(23(30)31)29(14-16)24(32)33-15-21-19-7-3-1-5-17(19)18-6-2-4-8-20(18)21/h1-8,16,21-22H,9-15H2,(H,30,31)/t16-,22+/m1/s1. The highest BCUT2D eigenvalue weighted by Crippen LogP contribution is 2.44. The fourth-order valence-electron chi connectivity index (χ4n) is 5.41. The molecule has 1 amide bonds. The van der Waals surface area contributed by atoms with Gasteiger partial charge in [-0.15, -0.1) is 0 Å². The Labute approximate surface area is 190 Å². The van der Waals surface area contributed by atoms with E-state index >= 15 is 0 Å². The number of piperidine rings is 1. The maximum atomic E-state index is 13.5. The third kappa shape index (κ3) is 4.08. The predicted octanol–water partition coefficient (Wildman–Crippen LogP) is 4.19. The van der Waals surface area contributed by atoms with E-state index in [0.29, 0.717) is 0 Å². The highest BCUT2D eigenvalue weighted by molar-refractivity contribution is 5.82. The Balaban J connectivity index is 1.28. The van der Waals surface area contributed by atoms with Crippen LogP contribution in [0.5, 0.6) is 0 Å². The van der Waals surface area contributed by atoms with Crippen LogP contribution < -0.4 is 0 Å². The Morgan fingerprint density at radius 3 is 2.15 bits per heavy atom. The number of hydrogen-bond donors (Lipinski definition) is 1. The number of fused-ring (bicyclic) bond motifs is 3. The number of amides is 1. The Morgan fingerprint density at radius 2 is 1.58 bits per heavy atom. The van der Waals surface area contributed by atoms with E-state index in [1.165, 1.54) is 4.90 Å². The summed E-state index contributed by atoms with van der Waals surface area (Å²) in [4.78, 5) is 27.9. The zero-order valence-corrected chi connectivity index (χ0v) is 18.1. The van der Waals surface area contributed by atoms with Crippen LogP contribution >= 0.6 is 0 Å². The number of hydrogen-bond acceptors (Lipinski definition) is 4. The van der Waals surface area contributed by atoms with Crippen molar-refractivity contribution in [2.24, 2.45) is 0 Å². The molecule has 2 aliphatic heterocycles. The second-order valence-electron chi connectivity index (χ2n) is 9.09. The predicted molar refractivity (Wildman–Crippen MR) is 117 cm³/mol. The molecule has 33 heavy (non-hydrogen) atoms. The molecular weight excluding hydrogens is 430 g/mol. The molecule has 0 aromatic heterocycles. The molecule has 5 rings (SSSR count). The molecule has 1 aliphatic carbocycles. The van der Waals surface area contributed by atoms with Gasteiger partial charge < -0.3 is 9.84 Å². The minimum Gasteiger partial charge on any atom is -0.480 e. The number of carboxylic acids is 1. The molecule has 1 N–H and O–H groups in total. The highest BCUT2D eigenvalue weighted by Gasteiger charge is 2.45. The van der Waals surface area contributed by atoms with Gasteiger partial charge in [0, 0.05) is 44.4 Å². The molecule has 2 aromatic carbocycles. The van der Waals surface area contributed by atoms with Gasteiger partial charge in [-0.3, -0.25) is 9.80 Å². The zero-order chi connectivity index (χ0) is 23.2. The summed E-state index contributed by atoms with van der Waals surface area (Å²) in [5.41, 5.74) is 4.38. The lowest BCUT2D eigenvalue weighted by atomic mass is 9.98. The molecule has 174 valence electrons. The third-order valence-electron chi connectivity index (χ3n) is 7.18. The number of alkyl halides is 2. The van der Waals surface area contributed by atoms with Crippen LogP contribution in [0.3, 0.4) is 0 Å². The number of likely N-dealkylation sites (tertiary alicyclic amines) is 2. The van der Waals surface area contributed by atoms with Gasteiger partial charge in [-0.1, -0.05) is 48.5 Å². The van der Waals surface area contributed by atoms with Crippen molar-refractivity contribution in [2.45, 2.75) is 43.2 Å². The van der Waals surface area contributed by atoms with Crippen molar-refractivity contribution in [2.75, 3.05) is 26.2 Å². The van der Waals surface area contributed by atoms with E-state index in [0.717, 1.165) is 22.3 Å². The first kappa shape index (κ1) is 21.8. The SMILES string of the molecule is O=C(O)[C@@H]1C[C@@H](N2CCC(F)(F)CC2)CN1C(=O)OCC1c2ccccc2-c2ccccc21. The number of carbonyl (C=O) groups is 2. The Bertz CT molecular complexity index is 1020. The van der Waals surface area contributed by atoms with Gasteiger partial charge >= 0.3 is 12.1 Å². The van der Waals surface area contributed by atoms with Crippen molar-refractivity contribution in [1.82, 2.24) is 9.80 Å². The van der Waals surface area contributed by atoms with Crippen LogP contribution in [0.2, 0.25) is 0 Å². The van der Waals surface area contributed by atoms with Crippen molar-refractivity contribution in [3.63, 3.8) is 0 Å². The van der Waals surface area contributed by atoms with Crippen LogP contribution in [0.15, 0.2) is 48.5 Å². The molecule has 0 bridgehead atoms. The Kier molecular flexibility index (Phi) is 5.56. The molecule has 0 radical (unpaired) electrons. The van der Waals surface area contributed by atoms with Gasteiger partial charge in [-0.25, -0.2) is 18.4 Å². The lowest BCUT2D eigenvalue weighted by Gasteiger charge is -2.35. The molecule has 0 unspecified atom stereocenters. The van der Waals surface area contributed by atoms with Crippen molar-refractivity contribution in [3.8, 4) is 11.1 Å². The van der Waals surface area contributed by atoms with Gasteiger partial charge in [-0.05, 0) is 28.7 Å². The van der Waals surface area contributed by atoms with Gasteiger partial charge in [0.2, 0.25) is 0 Å². The Morgan fingerprint density at radius 1 is 1.00 bits per heavy atom. The summed E-state index contributed by atoms with van der Waals surface area (Å²) >= 11 is 0. The van der Waals surface area contributed by atoms with Crippen LogP contribution in [0.4, 0.5) is 13.6 Å². The van der Waals surface area contributed by atoms with E-state index < -0.39 is 24.0 Å². The van der Waals surface area contributed by atoms with Crippen LogP contribution in [-0.2, 0) is 9.53 Å². The van der Waals surface area contributed by atoms with Crippen molar-refractivity contribution < 1.29 is 28.2 Å². The second-order valence-corrected chi connectivity index (χ2v) is 9.09. The summed E-state index contributed by atoms with van der Waals surface area (Å²) in [7, 11) is 0. The first-order valence-corrected chi connectivity index (χ1v) is 11.3. The average molecular weight is 456 g/mol. The van der Waals surface area contributed by atoms with E-state index in [9.17, 15) is 23.5 Å². The number of aliphatic carboxylic acids is 1. The fourth-order valence-corrected chi connectivity index (χ4v) is 5.41. The topological polar surface area (TPSA) is 70.1 Å². The molecule has 2 heterocycles. The zero-order valence-electron chi connectivity index (χ0n) is 18.1.